The van der Waals surface area contributed by atoms with Crippen molar-refractivity contribution in [2.45, 2.75) is 44.9 Å². The summed E-state index contributed by atoms with van der Waals surface area (Å²) in [5, 5.41) is 20.6. The van der Waals surface area contributed by atoms with E-state index in [0.717, 1.165) is 24.0 Å². The van der Waals surface area contributed by atoms with Crippen molar-refractivity contribution in [3.8, 4) is 0 Å². The highest BCUT2D eigenvalue weighted by molar-refractivity contribution is 9.10. The molecule has 3 aromatic carbocycles. The summed E-state index contributed by atoms with van der Waals surface area (Å²) in [5.74, 6) is -0.436. The van der Waals surface area contributed by atoms with E-state index in [-0.39, 0.29) is 18.3 Å². The minimum absolute atomic E-state index is 0.170. The fourth-order valence-electron chi connectivity index (χ4n) is 4.92. The van der Waals surface area contributed by atoms with Crippen LogP contribution in [0.2, 0.25) is 0 Å². The molecule has 0 spiro atoms. The smallest absolute Gasteiger partial charge is 0.251 e. The van der Waals surface area contributed by atoms with Crippen LogP contribution in [-0.4, -0.2) is 57.7 Å². The number of halogens is 2. The summed E-state index contributed by atoms with van der Waals surface area (Å²) in [6.07, 6.45) is 1.02. The van der Waals surface area contributed by atoms with Gasteiger partial charge in [0, 0.05) is 41.9 Å². The Morgan fingerprint density at radius 1 is 1.07 bits per heavy atom. The van der Waals surface area contributed by atoms with Crippen LogP contribution in [-0.2, 0) is 13.0 Å². The summed E-state index contributed by atoms with van der Waals surface area (Å²) in [7, 11) is -2.97. The lowest BCUT2D eigenvalue weighted by atomic mass is 10.00. The van der Waals surface area contributed by atoms with Crippen LogP contribution in [0.1, 0.15) is 41.3 Å². The third kappa shape index (κ3) is 8.91. The molecular formula is C30H38BrFN4O4S. The van der Waals surface area contributed by atoms with Gasteiger partial charge in [-0.25, -0.2) is 4.39 Å². The zero-order valence-corrected chi connectivity index (χ0v) is 25.4. The van der Waals surface area contributed by atoms with Crippen LogP contribution in [0.25, 0.3) is 0 Å². The van der Waals surface area contributed by atoms with Crippen molar-refractivity contribution in [3.63, 3.8) is 0 Å². The van der Waals surface area contributed by atoms with Gasteiger partial charge in [0.1, 0.15) is 5.82 Å². The normalized spacial score (nSPS) is 17.0. The average molecular weight is 650 g/mol. The standard InChI is InChI=1S/C30H38BrFN4O4S/c1-2-34-26-15-23(16-27(18-26)36-10-6-7-11-41(36,39)40)30(38)35-28(14-21-8-4-3-5-9-21)29(37)20-33-19-22-12-24(31)17-25(32)13-22/h3-5,8-9,12-13,15-18,28-29,33-34,37,39-40H,2,6-7,10-11,14,19-20H2,1H3,(H,35,38)/t28-,29+/m0/s1. The predicted molar refractivity (Wildman–Crippen MR) is 168 cm³/mol. The van der Waals surface area contributed by atoms with E-state index in [1.807, 2.05) is 43.3 Å². The first-order valence-electron chi connectivity index (χ1n) is 13.8. The van der Waals surface area contributed by atoms with Gasteiger partial charge in [0.15, 0.2) is 0 Å². The summed E-state index contributed by atoms with van der Waals surface area (Å²) in [4.78, 5) is 13.6. The SMILES string of the molecule is CCNc1cc(C(=O)N[C@@H](Cc2ccccc2)[C@H](O)CNCc2cc(F)cc(Br)c2)cc(N2CCCCS2(O)O)c1. The van der Waals surface area contributed by atoms with E-state index < -0.39 is 22.9 Å². The fraction of sp³-hybridized carbons (Fsp3) is 0.367. The van der Waals surface area contributed by atoms with Crippen LogP contribution in [0.4, 0.5) is 15.8 Å². The Hall–Kier alpha value is -2.67. The van der Waals surface area contributed by atoms with Crippen LogP contribution < -0.4 is 20.3 Å². The number of nitrogens with zero attached hydrogens (tertiary/aromatic N) is 1. The number of aliphatic hydroxyl groups excluding tert-OH is 1. The van der Waals surface area contributed by atoms with Gasteiger partial charge in [-0.15, -0.1) is 10.8 Å². The molecule has 2 atom stereocenters. The quantitative estimate of drug-likeness (QED) is 0.147. The van der Waals surface area contributed by atoms with E-state index in [0.29, 0.717) is 53.2 Å². The highest BCUT2D eigenvalue weighted by atomic mass is 79.9. The molecule has 1 saturated heterocycles. The molecule has 0 aromatic heterocycles. The molecular weight excluding hydrogens is 611 g/mol. The number of nitrogens with one attached hydrogen (secondary N) is 3. The Bertz CT molecular complexity index is 1300. The summed E-state index contributed by atoms with van der Waals surface area (Å²) < 4.78 is 37.4. The van der Waals surface area contributed by atoms with Crippen molar-refractivity contribution in [1.82, 2.24) is 10.6 Å². The molecule has 0 aliphatic carbocycles. The Morgan fingerprint density at radius 2 is 1.85 bits per heavy atom. The average Bonchev–Trinajstić information content (AvgIpc) is 2.92. The molecule has 1 aliphatic rings. The number of benzene rings is 3. The van der Waals surface area contributed by atoms with E-state index >= 15 is 0 Å². The number of aliphatic hydroxyl groups is 1. The molecule has 0 radical (unpaired) electrons. The molecule has 41 heavy (non-hydrogen) atoms. The molecule has 0 bridgehead atoms. The second-order valence-corrected chi connectivity index (χ2v) is 13.2. The molecule has 1 aliphatic heterocycles. The summed E-state index contributed by atoms with van der Waals surface area (Å²) in [5.41, 5.74) is 3.29. The van der Waals surface area contributed by atoms with Crippen LogP contribution in [0.15, 0.2) is 71.2 Å². The number of carbonyl (C=O) groups is 1. The summed E-state index contributed by atoms with van der Waals surface area (Å²) >= 11 is 3.30. The molecule has 222 valence electrons. The van der Waals surface area contributed by atoms with Gasteiger partial charge < -0.3 is 21.1 Å². The molecule has 1 fully saturated rings. The van der Waals surface area contributed by atoms with E-state index in [1.54, 1.807) is 22.5 Å². The lowest BCUT2D eigenvalue weighted by molar-refractivity contribution is 0.0830. The fourth-order valence-corrected chi connectivity index (χ4v) is 7.11. The van der Waals surface area contributed by atoms with E-state index in [4.69, 9.17) is 0 Å². The number of amides is 1. The number of rotatable bonds is 12. The zero-order chi connectivity index (χ0) is 29.4. The molecule has 1 heterocycles. The van der Waals surface area contributed by atoms with Crippen molar-refractivity contribution in [2.75, 3.05) is 35.0 Å². The van der Waals surface area contributed by atoms with Crippen LogP contribution in [0, 0.1) is 5.82 Å². The molecule has 0 unspecified atom stereocenters. The number of carbonyl (C=O) groups excluding carboxylic acids is 1. The summed E-state index contributed by atoms with van der Waals surface area (Å²) in [6.45, 7) is 3.58. The maximum absolute atomic E-state index is 13.8. The Labute approximate surface area is 251 Å². The lowest BCUT2D eigenvalue weighted by Crippen LogP contribution is -2.48. The monoisotopic (exact) mass is 648 g/mol. The van der Waals surface area contributed by atoms with Gasteiger partial charge in [0.05, 0.1) is 23.6 Å². The topological polar surface area (TPSA) is 117 Å². The van der Waals surface area contributed by atoms with E-state index in [9.17, 15) is 23.4 Å². The molecule has 8 nitrogen and oxygen atoms in total. The first-order valence-corrected chi connectivity index (χ1v) is 16.2. The Balaban J connectivity index is 1.53. The summed E-state index contributed by atoms with van der Waals surface area (Å²) in [6, 6.07) is 18.8. The molecule has 3 aromatic rings. The largest absolute Gasteiger partial charge is 0.390 e. The van der Waals surface area contributed by atoms with Crippen molar-refractivity contribution < 1.29 is 23.4 Å². The maximum atomic E-state index is 13.8. The third-order valence-electron chi connectivity index (χ3n) is 6.92. The lowest BCUT2D eigenvalue weighted by Gasteiger charge is -2.47. The van der Waals surface area contributed by atoms with Crippen LogP contribution in [0.5, 0.6) is 0 Å². The Morgan fingerprint density at radius 3 is 2.56 bits per heavy atom. The number of hydrogen-bond acceptors (Lipinski definition) is 7. The van der Waals surface area contributed by atoms with Gasteiger partial charge in [-0.05, 0) is 73.7 Å². The van der Waals surface area contributed by atoms with Gasteiger partial charge >= 0.3 is 0 Å². The molecule has 0 saturated carbocycles. The van der Waals surface area contributed by atoms with Crippen molar-refractivity contribution in [1.29, 1.82) is 0 Å². The third-order valence-corrected chi connectivity index (χ3v) is 9.31. The van der Waals surface area contributed by atoms with Crippen molar-refractivity contribution in [3.05, 3.63) is 93.7 Å². The molecule has 1 amide bonds. The Kier molecular flexibility index (Phi) is 11.0. The van der Waals surface area contributed by atoms with E-state index in [1.165, 1.54) is 12.1 Å². The van der Waals surface area contributed by atoms with E-state index in [2.05, 4.69) is 31.9 Å². The number of anilines is 2. The van der Waals surface area contributed by atoms with Crippen molar-refractivity contribution >= 4 is 44.0 Å². The first-order chi connectivity index (χ1) is 19.6. The minimum Gasteiger partial charge on any atom is -0.390 e. The highest BCUT2D eigenvalue weighted by Crippen LogP contribution is 2.50. The van der Waals surface area contributed by atoms with Gasteiger partial charge in [-0.2, -0.15) is 0 Å². The zero-order valence-electron chi connectivity index (χ0n) is 23.0. The van der Waals surface area contributed by atoms with Gasteiger partial charge in [0.2, 0.25) is 0 Å². The second-order valence-electron chi connectivity index (χ2n) is 10.2. The number of hydrogen-bond donors (Lipinski definition) is 6. The first kappa shape index (κ1) is 31.3. The molecule has 4 rings (SSSR count). The van der Waals surface area contributed by atoms with Gasteiger partial charge in [-0.3, -0.25) is 18.2 Å². The minimum atomic E-state index is -2.97. The van der Waals surface area contributed by atoms with Crippen LogP contribution in [0.3, 0.4) is 0 Å². The predicted octanol–water partition coefficient (Wildman–Crippen LogP) is 5.78. The van der Waals surface area contributed by atoms with Gasteiger partial charge in [-0.1, -0.05) is 46.3 Å². The molecule has 11 heteroatoms. The second kappa shape index (κ2) is 14.5. The maximum Gasteiger partial charge on any atom is 0.251 e. The highest BCUT2D eigenvalue weighted by Gasteiger charge is 2.28. The van der Waals surface area contributed by atoms with Gasteiger partial charge in [0.25, 0.3) is 5.91 Å². The molecule has 6 N–H and O–H groups in total. The van der Waals surface area contributed by atoms with Crippen LogP contribution >= 0.6 is 26.7 Å². The van der Waals surface area contributed by atoms with Crippen molar-refractivity contribution in [2.24, 2.45) is 0 Å².